The Bertz CT molecular complexity index is 753. The first kappa shape index (κ1) is 17.2. The van der Waals surface area contributed by atoms with Gasteiger partial charge < -0.3 is 20.5 Å². The zero-order chi connectivity index (χ0) is 18.0. The van der Waals surface area contributed by atoms with Crippen LogP contribution in [0.2, 0.25) is 0 Å². The Morgan fingerprint density at radius 1 is 1.36 bits per heavy atom. The number of phenolic OH excluding ortho intramolecular Hbond substituents is 1. The number of aromatic hydroxyl groups is 1. The summed E-state index contributed by atoms with van der Waals surface area (Å²) >= 11 is 0. The van der Waals surface area contributed by atoms with Crippen molar-refractivity contribution >= 4 is 11.7 Å². The molecule has 1 aromatic carbocycles. The number of carbonyl (C=O) groups is 1. The predicted octanol–water partition coefficient (Wildman–Crippen LogP) is 1.55. The van der Waals surface area contributed by atoms with Crippen LogP contribution in [0.25, 0.3) is 11.3 Å². The number of aryl methyl sites for hydroxylation is 2. The van der Waals surface area contributed by atoms with Crippen LogP contribution in [-0.4, -0.2) is 47.0 Å². The first-order valence-electron chi connectivity index (χ1n) is 8.23. The van der Waals surface area contributed by atoms with Crippen molar-refractivity contribution in [3.63, 3.8) is 0 Å². The largest absolute Gasteiger partial charge is 0.507 e. The second kappa shape index (κ2) is 7.06. The third-order valence-corrected chi connectivity index (χ3v) is 4.26. The summed E-state index contributed by atoms with van der Waals surface area (Å²) in [6.07, 6.45) is -0.0329. The number of carbonyl (C=O) groups excluding carboxylic acids is 1. The highest BCUT2D eigenvalue weighted by atomic mass is 16.5. The SMILES string of the molecule is Cc1cc(C)c(-c2ccc(N3CCO[C@H](CC(N)=O)C3)nn2)c(O)c1. The maximum absolute atomic E-state index is 11.1. The molecule has 7 nitrogen and oxygen atoms in total. The number of amides is 1. The van der Waals surface area contributed by atoms with Gasteiger partial charge in [0.25, 0.3) is 0 Å². The lowest BCUT2D eigenvalue weighted by Gasteiger charge is -2.33. The molecule has 2 heterocycles. The van der Waals surface area contributed by atoms with E-state index in [2.05, 4.69) is 10.2 Å². The molecule has 1 amide bonds. The van der Waals surface area contributed by atoms with E-state index in [1.165, 1.54) is 0 Å². The number of hydrogen-bond acceptors (Lipinski definition) is 6. The monoisotopic (exact) mass is 342 g/mol. The van der Waals surface area contributed by atoms with Crippen LogP contribution in [0.4, 0.5) is 5.82 Å². The van der Waals surface area contributed by atoms with Crippen LogP contribution in [0, 0.1) is 13.8 Å². The maximum Gasteiger partial charge on any atom is 0.220 e. The predicted molar refractivity (Wildman–Crippen MR) is 94.4 cm³/mol. The molecule has 2 aromatic rings. The Labute approximate surface area is 146 Å². The fraction of sp³-hybridized carbons (Fsp3) is 0.389. The maximum atomic E-state index is 11.1. The molecule has 1 aromatic heterocycles. The summed E-state index contributed by atoms with van der Waals surface area (Å²) < 4.78 is 5.55. The average molecular weight is 342 g/mol. The minimum absolute atomic E-state index is 0.193. The van der Waals surface area contributed by atoms with Gasteiger partial charge in [-0.25, -0.2) is 0 Å². The van der Waals surface area contributed by atoms with E-state index in [1.807, 2.05) is 36.9 Å². The van der Waals surface area contributed by atoms with Gasteiger partial charge in [0.1, 0.15) is 5.75 Å². The van der Waals surface area contributed by atoms with Gasteiger partial charge in [-0.1, -0.05) is 6.07 Å². The van der Waals surface area contributed by atoms with Crippen molar-refractivity contribution in [2.75, 3.05) is 24.6 Å². The van der Waals surface area contributed by atoms with Gasteiger partial charge in [-0.2, -0.15) is 0 Å². The van der Waals surface area contributed by atoms with Crippen LogP contribution in [0.3, 0.4) is 0 Å². The molecule has 132 valence electrons. The molecule has 1 aliphatic heterocycles. The van der Waals surface area contributed by atoms with Gasteiger partial charge in [0.15, 0.2) is 5.82 Å². The van der Waals surface area contributed by atoms with Gasteiger partial charge in [0, 0.05) is 18.7 Å². The highest BCUT2D eigenvalue weighted by molar-refractivity contribution is 5.74. The number of primary amides is 1. The van der Waals surface area contributed by atoms with Gasteiger partial charge in [-0.3, -0.25) is 4.79 Å². The number of nitrogens with two attached hydrogens (primary N) is 1. The van der Waals surface area contributed by atoms with Crippen molar-refractivity contribution in [2.45, 2.75) is 26.4 Å². The number of aromatic nitrogens is 2. The molecule has 0 aliphatic carbocycles. The van der Waals surface area contributed by atoms with E-state index >= 15 is 0 Å². The molecule has 0 spiro atoms. The van der Waals surface area contributed by atoms with Gasteiger partial charge >= 0.3 is 0 Å². The Morgan fingerprint density at radius 2 is 2.16 bits per heavy atom. The molecule has 1 fully saturated rings. The minimum atomic E-state index is -0.376. The van der Waals surface area contributed by atoms with Crippen LogP contribution < -0.4 is 10.6 Å². The molecular formula is C18H22N4O3. The van der Waals surface area contributed by atoms with Crippen molar-refractivity contribution < 1.29 is 14.6 Å². The first-order valence-corrected chi connectivity index (χ1v) is 8.23. The molecule has 7 heteroatoms. The van der Waals surface area contributed by atoms with Crippen LogP contribution in [0.5, 0.6) is 5.75 Å². The fourth-order valence-corrected chi connectivity index (χ4v) is 3.18. The number of morpholine rings is 1. The fourth-order valence-electron chi connectivity index (χ4n) is 3.18. The number of ether oxygens (including phenoxy) is 1. The Hall–Kier alpha value is -2.67. The van der Waals surface area contributed by atoms with Crippen LogP contribution >= 0.6 is 0 Å². The van der Waals surface area contributed by atoms with Crippen molar-refractivity contribution in [3.05, 3.63) is 35.4 Å². The summed E-state index contributed by atoms with van der Waals surface area (Å²) in [4.78, 5) is 13.1. The highest BCUT2D eigenvalue weighted by Gasteiger charge is 2.23. The molecule has 0 bridgehead atoms. The summed E-state index contributed by atoms with van der Waals surface area (Å²) in [6, 6.07) is 7.43. The van der Waals surface area contributed by atoms with E-state index < -0.39 is 0 Å². The lowest BCUT2D eigenvalue weighted by molar-refractivity contribution is -0.121. The molecular weight excluding hydrogens is 320 g/mol. The van der Waals surface area contributed by atoms with E-state index in [-0.39, 0.29) is 24.2 Å². The number of phenols is 1. The summed E-state index contributed by atoms with van der Waals surface area (Å²) in [5.74, 6) is 0.539. The van der Waals surface area contributed by atoms with Gasteiger partial charge in [-0.05, 0) is 43.2 Å². The van der Waals surface area contributed by atoms with Gasteiger partial charge in [-0.15, -0.1) is 10.2 Å². The van der Waals surface area contributed by atoms with E-state index in [9.17, 15) is 9.90 Å². The van der Waals surface area contributed by atoms with E-state index in [4.69, 9.17) is 10.5 Å². The second-order valence-corrected chi connectivity index (χ2v) is 6.36. The molecule has 1 atom stereocenters. The van der Waals surface area contributed by atoms with Crippen molar-refractivity contribution in [2.24, 2.45) is 5.73 Å². The third-order valence-electron chi connectivity index (χ3n) is 4.26. The van der Waals surface area contributed by atoms with Gasteiger partial charge in [0.2, 0.25) is 5.91 Å². The van der Waals surface area contributed by atoms with Crippen LogP contribution in [-0.2, 0) is 9.53 Å². The highest BCUT2D eigenvalue weighted by Crippen LogP contribution is 2.32. The minimum Gasteiger partial charge on any atom is -0.507 e. The molecule has 3 N–H and O–H groups in total. The molecule has 0 saturated carbocycles. The zero-order valence-corrected chi connectivity index (χ0v) is 14.4. The quantitative estimate of drug-likeness (QED) is 0.874. The molecule has 0 radical (unpaired) electrons. The Kier molecular flexibility index (Phi) is 4.85. The lowest BCUT2D eigenvalue weighted by atomic mass is 10.0. The zero-order valence-electron chi connectivity index (χ0n) is 14.4. The van der Waals surface area contributed by atoms with Crippen LogP contribution in [0.15, 0.2) is 24.3 Å². The first-order chi connectivity index (χ1) is 11.9. The summed E-state index contributed by atoms with van der Waals surface area (Å²) in [7, 11) is 0. The van der Waals surface area contributed by atoms with E-state index in [1.54, 1.807) is 6.07 Å². The average Bonchev–Trinajstić information content (AvgIpc) is 2.54. The Morgan fingerprint density at radius 3 is 2.80 bits per heavy atom. The number of rotatable bonds is 4. The molecule has 25 heavy (non-hydrogen) atoms. The molecule has 0 unspecified atom stereocenters. The summed E-state index contributed by atoms with van der Waals surface area (Å²) in [6.45, 7) is 5.61. The number of anilines is 1. The van der Waals surface area contributed by atoms with Crippen LogP contribution in [0.1, 0.15) is 17.5 Å². The van der Waals surface area contributed by atoms with Gasteiger partial charge in [0.05, 0.1) is 24.8 Å². The summed E-state index contributed by atoms with van der Waals surface area (Å²) in [5, 5.41) is 18.8. The molecule has 1 aliphatic rings. The van der Waals surface area contributed by atoms with Crippen molar-refractivity contribution in [1.82, 2.24) is 10.2 Å². The normalized spacial score (nSPS) is 17.5. The number of hydrogen-bond donors (Lipinski definition) is 2. The molecule has 1 saturated heterocycles. The van der Waals surface area contributed by atoms with Crippen molar-refractivity contribution in [3.8, 4) is 17.0 Å². The third kappa shape index (κ3) is 3.88. The topological polar surface area (TPSA) is 102 Å². The standard InChI is InChI=1S/C18H22N4O3/c1-11-7-12(2)18(15(23)8-11)14-3-4-17(21-20-14)22-5-6-25-13(10-22)9-16(19)24/h3-4,7-8,13,23H,5-6,9-10H2,1-2H3,(H2,19,24)/t13-/m1/s1. The van der Waals surface area contributed by atoms with E-state index in [0.29, 0.717) is 36.8 Å². The number of benzene rings is 1. The lowest BCUT2D eigenvalue weighted by Crippen LogP contribution is -2.44. The Balaban J connectivity index is 1.80. The smallest absolute Gasteiger partial charge is 0.220 e. The second-order valence-electron chi connectivity index (χ2n) is 6.36. The van der Waals surface area contributed by atoms with E-state index in [0.717, 1.165) is 11.1 Å². The summed E-state index contributed by atoms with van der Waals surface area (Å²) in [5.41, 5.74) is 8.51. The molecule has 3 rings (SSSR count). The van der Waals surface area contributed by atoms with Crippen molar-refractivity contribution in [1.29, 1.82) is 0 Å². The number of nitrogens with zero attached hydrogens (tertiary/aromatic N) is 3.